The molecule has 2 aromatic heterocycles. The predicted molar refractivity (Wildman–Crippen MR) is 118 cm³/mol. The van der Waals surface area contributed by atoms with E-state index >= 15 is 0 Å². The van der Waals surface area contributed by atoms with Gasteiger partial charge in [-0.1, -0.05) is 29.0 Å². The lowest BCUT2D eigenvalue weighted by molar-refractivity contribution is -0.116. The zero-order chi connectivity index (χ0) is 22.9. The zero-order valence-electron chi connectivity index (χ0n) is 16.2. The van der Waals surface area contributed by atoms with E-state index in [1.807, 2.05) is 0 Å². The Balaban J connectivity index is 1.71. The van der Waals surface area contributed by atoms with Gasteiger partial charge in [0.15, 0.2) is 20.8 Å². The first-order chi connectivity index (χ1) is 15.2. The first kappa shape index (κ1) is 22.3. The van der Waals surface area contributed by atoms with Gasteiger partial charge >= 0.3 is 0 Å². The van der Waals surface area contributed by atoms with Crippen molar-refractivity contribution in [3.05, 3.63) is 83.1 Å². The summed E-state index contributed by atoms with van der Waals surface area (Å²) in [6, 6.07) is 12.3. The molecular formula is C21H14ClF2N3O3S2. The van der Waals surface area contributed by atoms with Crippen LogP contribution in [0.1, 0.15) is 5.69 Å². The highest BCUT2D eigenvalue weighted by Gasteiger charge is 2.27. The van der Waals surface area contributed by atoms with Crippen LogP contribution in [0.4, 0.5) is 13.9 Å². The Morgan fingerprint density at radius 2 is 1.84 bits per heavy atom. The molecule has 0 saturated heterocycles. The highest BCUT2D eigenvalue weighted by Crippen LogP contribution is 2.32. The summed E-state index contributed by atoms with van der Waals surface area (Å²) in [7, 11) is -3.99. The fraction of sp³-hybridized carbons (Fsp3) is 0.0952. The number of hydrogen-bond acceptors (Lipinski definition) is 6. The molecule has 0 saturated carbocycles. The molecule has 0 fully saturated rings. The van der Waals surface area contributed by atoms with Gasteiger partial charge in [-0.2, -0.15) is 0 Å². The Kier molecular flexibility index (Phi) is 6.18. The van der Waals surface area contributed by atoms with E-state index in [9.17, 15) is 22.0 Å². The van der Waals surface area contributed by atoms with E-state index < -0.39 is 33.1 Å². The number of fused-ring (bicyclic) bond motifs is 1. The Bertz CT molecular complexity index is 1400. The van der Waals surface area contributed by atoms with Gasteiger partial charge in [-0.15, -0.1) is 0 Å². The maximum Gasteiger partial charge on any atom is 0.244 e. The van der Waals surface area contributed by atoms with Crippen molar-refractivity contribution in [2.75, 3.05) is 10.7 Å². The van der Waals surface area contributed by atoms with E-state index in [-0.39, 0.29) is 26.8 Å². The van der Waals surface area contributed by atoms with Gasteiger partial charge in [0, 0.05) is 17.3 Å². The van der Waals surface area contributed by atoms with Crippen molar-refractivity contribution in [1.82, 2.24) is 9.97 Å². The van der Waals surface area contributed by atoms with E-state index in [0.717, 1.165) is 22.3 Å². The van der Waals surface area contributed by atoms with Crippen molar-refractivity contribution >= 4 is 54.0 Å². The Morgan fingerprint density at radius 3 is 2.53 bits per heavy atom. The number of hydrogen-bond donors (Lipinski definition) is 0. The Hall–Kier alpha value is -2.95. The average molecular weight is 494 g/mol. The van der Waals surface area contributed by atoms with Gasteiger partial charge < -0.3 is 0 Å². The maximum atomic E-state index is 14.2. The smallest absolute Gasteiger partial charge is 0.244 e. The van der Waals surface area contributed by atoms with Crippen LogP contribution in [0.2, 0.25) is 5.02 Å². The largest absolute Gasteiger partial charge is 0.281 e. The number of thiazole rings is 1. The lowest BCUT2D eigenvalue weighted by Crippen LogP contribution is -2.35. The highest BCUT2D eigenvalue weighted by molar-refractivity contribution is 7.92. The topological polar surface area (TPSA) is 80.2 Å². The number of carbonyl (C=O) groups excluding carboxylic acids is 1. The lowest BCUT2D eigenvalue weighted by Gasteiger charge is -2.19. The van der Waals surface area contributed by atoms with Crippen LogP contribution in [0.3, 0.4) is 0 Å². The van der Waals surface area contributed by atoms with Gasteiger partial charge in [-0.25, -0.2) is 22.2 Å². The molecule has 2 aromatic carbocycles. The minimum Gasteiger partial charge on any atom is -0.281 e. The Morgan fingerprint density at radius 1 is 1.09 bits per heavy atom. The number of pyridine rings is 1. The molecule has 164 valence electrons. The summed E-state index contributed by atoms with van der Waals surface area (Å²) in [5.41, 5.74) is 0.362. The predicted octanol–water partition coefficient (Wildman–Crippen LogP) is 4.63. The molecule has 1 amide bonds. The second-order valence-electron chi connectivity index (χ2n) is 6.74. The fourth-order valence-corrected chi connectivity index (χ4v) is 5.29. The molecule has 32 heavy (non-hydrogen) atoms. The lowest BCUT2D eigenvalue weighted by atomic mass is 10.3. The molecular weight excluding hydrogens is 480 g/mol. The second-order valence-corrected chi connectivity index (χ2v) is 10.2. The summed E-state index contributed by atoms with van der Waals surface area (Å²) in [6.45, 7) is -0.0975. The summed E-state index contributed by atoms with van der Waals surface area (Å²) < 4.78 is 53.5. The number of benzene rings is 2. The van der Waals surface area contributed by atoms with Crippen LogP contribution in [0.15, 0.2) is 65.7 Å². The summed E-state index contributed by atoms with van der Waals surface area (Å²) in [4.78, 5) is 22.5. The SMILES string of the molecule is O=C(CS(=O)(=O)c1ccc(Cl)cc1)N(Cc1ccccn1)c1nc2c(F)cc(F)cc2s1. The van der Waals surface area contributed by atoms with E-state index in [4.69, 9.17) is 11.6 Å². The summed E-state index contributed by atoms with van der Waals surface area (Å²) in [6.07, 6.45) is 1.52. The molecule has 0 unspecified atom stereocenters. The van der Waals surface area contributed by atoms with Crippen molar-refractivity contribution in [1.29, 1.82) is 0 Å². The number of halogens is 3. The first-order valence-electron chi connectivity index (χ1n) is 9.17. The van der Waals surface area contributed by atoms with E-state index in [2.05, 4.69) is 9.97 Å². The third-order valence-corrected chi connectivity index (χ3v) is 7.36. The summed E-state index contributed by atoms with van der Waals surface area (Å²) >= 11 is 6.69. The quantitative estimate of drug-likeness (QED) is 0.391. The fourth-order valence-electron chi connectivity index (χ4n) is 2.94. The van der Waals surface area contributed by atoms with Crippen molar-refractivity contribution in [3.63, 3.8) is 0 Å². The van der Waals surface area contributed by atoms with Crippen LogP contribution >= 0.6 is 22.9 Å². The van der Waals surface area contributed by atoms with Crippen LogP contribution in [-0.2, 0) is 21.2 Å². The molecule has 0 atom stereocenters. The van der Waals surface area contributed by atoms with Crippen LogP contribution in [0.5, 0.6) is 0 Å². The van der Waals surface area contributed by atoms with E-state index in [0.29, 0.717) is 16.8 Å². The molecule has 0 bridgehead atoms. The molecule has 0 aliphatic carbocycles. The number of aromatic nitrogens is 2. The monoisotopic (exact) mass is 493 g/mol. The van der Waals surface area contributed by atoms with E-state index in [1.54, 1.807) is 18.2 Å². The molecule has 0 radical (unpaired) electrons. The van der Waals surface area contributed by atoms with Gasteiger partial charge in [-0.05, 0) is 42.5 Å². The van der Waals surface area contributed by atoms with Crippen molar-refractivity contribution in [2.24, 2.45) is 0 Å². The summed E-state index contributed by atoms with van der Waals surface area (Å²) in [5.74, 6) is -3.29. The number of rotatable bonds is 6. The van der Waals surface area contributed by atoms with Crippen molar-refractivity contribution < 1.29 is 22.0 Å². The first-order valence-corrected chi connectivity index (χ1v) is 12.0. The highest BCUT2D eigenvalue weighted by atomic mass is 35.5. The van der Waals surface area contributed by atoms with Crippen LogP contribution in [0.25, 0.3) is 10.2 Å². The van der Waals surface area contributed by atoms with Gasteiger partial charge in [0.2, 0.25) is 5.91 Å². The molecule has 0 aliphatic heterocycles. The van der Waals surface area contributed by atoms with Crippen molar-refractivity contribution in [3.8, 4) is 0 Å². The normalized spacial score (nSPS) is 11.6. The third-order valence-electron chi connectivity index (χ3n) is 4.47. The van der Waals surface area contributed by atoms with Crippen molar-refractivity contribution in [2.45, 2.75) is 11.4 Å². The van der Waals surface area contributed by atoms with Crippen LogP contribution in [-0.4, -0.2) is 30.0 Å². The van der Waals surface area contributed by atoms with Gasteiger partial charge in [0.05, 0.1) is 21.8 Å². The molecule has 6 nitrogen and oxygen atoms in total. The zero-order valence-corrected chi connectivity index (χ0v) is 18.6. The third kappa shape index (κ3) is 4.77. The number of sulfone groups is 1. The standard InChI is InChI=1S/C21H14ClF2N3O3S2/c22-13-4-6-16(7-5-13)32(29,30)12-19(28)27(11-15-3-1-2-8-25-15)21-26-20-17(24)9-14(23)10-18(20)31-21/h1-10H,11-12H2. The van der Waals surface area contributed by atoms with Gasteiger partial charge in [-0.3, -0.25) is 14.7 Å². The molecule has 0 spiro atoms. The average Bonchev–Trinajstić information content (AvgIpc) is 3.16. The van der Waals surface area contributed by atoms with Gasteiger partial charge in [0.25, 0.3) is 0 Å². The van der Waals surface area contributed by atoms with Crippen LogP contribution in [0, 0.1) is 11.6 Å². The Labute approximate surface area is 191 Å². The number of amides is 1. The van der Waals surface area contributed by atoms with Crippen LogP contribution < -0.4 is 4.90 Å². The number of carbonyl (C=O) groups is 1. The molecule has 11 heteroatoms. The second kappa shape index (κ2) is 8.89. The summed E-state index contributed by atoms with van der Waals surface area (Å²) in [5, 5.41) is 0.391. The number of anilines is 1. The minimum atomic E-state index is -3.99. The van der Waals surface area contributed by atoms with Gasteiger partial charge in [0.1, 0.15) is 17.1 Å². The molecule has 0 N–H and O–H groups in total. The molecule has 0 aliphatic rings. The van der Waals surface area contributed by atoms with E-state index in [1.165, 1.54) is 30.5 Å². The minimum absolute atomic E-state index is 0.0338. The number of nitrogens with zero attached hydrogens (tertiary/aromatic N) is 3. The molecule has 2 heterocycles. The molecule has 4 aromatic rings. The molecule has 4 rings (SSSR count). The maximum absolute atomic E-state index is 14.2.